The van der Waals surface area contributed by atoms with Gasteiger partial charge in [0, 0.05) is 12.5 Å². The number of rotatable bonds is 4. The minimum absolute atomic E-state index is 0.142. The zero-order chi connectivity index (χ0) is 15.4. The molecule has 1 aromatic rings. The molecule has 22 heavy (non-hydrogen) atoms. The molecule has 0 bridgehead atoms. The number of aryl methyl sites for hydroxylation is 2. The van der Waals surface area contributed by atoms with E-state index >= 15 is 0 Å². The van der Waals surface area contributed by atoms with E-state index in [1.165, 1.54) is 11.1 Å². The molecule has 2 fully saturated rings. The molecule has 1 aromatic carbocycles. The van der Waals surface area contributed by atoms with Crippen LogP contribution in [0.25, 0.3) is 0 Å². The molecule has 0 spiro atoms. The molecule has 1 heterocycles. The smallest absolute Gasteiger partial charge is 0.220 e. The maximum absolute atomic E-state index is 12.2. The van der Waals surface area contributed by atoms with Gasteiger partial charge in [0.2, 0.25) is 5.91 Å². The second-order valence-electron chi connectivity index (χ2n) is 6.32. The molecule has 0 aromatic heterocycles. The Balaban J connectivity index is 1.45. The third kappa shape index (κ3) is 3.87. The quantitative estimate of drug-likeness (QED) is 0.929. The lowest BCUT2D eigenvalue weighted by Crippen LogP contribution is -2.49. The molecule has 2 aliphatic rings. The minimum Gasteiger partial charge on any atom is -0.373 e. The van der Waals surface area contributed by atoms with Crippen LogP contribution in [-0.4, -0.2) is 37.4 Å². The van der Waals surface area contributed by atoms with E-state index in [4.69, 9.17) is 9.47 Å². The third-order valence-corrected chi connectivity index (χ3v) is 4.73. The van der Waals surface area contributed by atoms with Gasteiger partial charge in [0.15, 0.2) is 0 Å². The van der Waals surface area contributed by atoms with Crippen LogP contribution in [0.1, 0.15) is 36.8 Å². The SMILES string of the molecule is Cc1ccccc1CCC(=O)NC1CCC2OCCOC2C1. The number of nitrogens with one attached hydrogen (secondary N) is 1. The Kier molecular flexibility index (Phi) is 5.11. The van der Waals surface area contributed by atoms with Crippen LogP contribution in [0.15, 0.2) is 24.3 Å². The van der Waals surface area contributed by atoms with Crippen LogP contribution in [-0.2, 0) is 20.7 Å². The number of benzene rings is 1. The number of amides is 1. The highest BCUT2D eigenvalue weighted by molar-refractivity contribution is 5.76. The molecule has 1 amide bonds. The van der Waals surface area contributed by atoms with Crippen molar-refractivity contribution in [1.82, 2.24) is 5.32 Å². The topological polar surface area (TPSA) is 47.6 Å². The predicted octanol–water partition coefficient (Wildman–Crippen LogP) is 2.38. The molecule has 1 aliphatic carbocycles. The van der Waals surface area contributed by atoms with Gasteiger partial charge >= 0.3 is 0 Å². The van der Waals surface area contributed by atoms with E-state index in [0.717, 1.165) is 25.7 Å². The van der Waals surface area contributed by atoms with Crippen LogP contribution in [0.2, 0.25) is 0 Å². The maximum Gasteiger partial charge on any atom is 0.220 e. The van der Waals surface area contributed by atoms with E-state index in [0.29, 0.717) is 19.6 Å². The Morgan fingerprint density at radius 1 is 1.18 bits per heavy atom. The lowest BCUT2D eigenvalue weighted by molar-refractivity contribution is -0.158. The van der Waals surface area contributed by atoms with E-state index in [1.807, 2.05) is 12.1 Å². The minimum atomic E-state index is 0.142. The van der Waals surface area contributed by atoms with Gasteiger partial charge in [0.05, 0.1) is 25.4 Å². The second-order valence-corrected chi connectivity index (χ2v) is 6.32. The highest BCUT2D eigenvalue weighted by atomic mass is 16.6. The molecular formula is C18H25NO3. The molecule has 1 saturated heterocycles. The Hall–Kier alpha value is -1.39. The summed E-state index contributed by atoms with van der Waals surface area (Å²) in [6, 6.07) is 8.48. The van der Waals surface area contributed by atoms with Crippen LogP contribution in [0.3, 0.4) is 0 Å². The van der Waals surface area contributed by atoms with E-state index in [1.54, 1.807) is 0 Å². The zero-order valence-corrected chi connectivity index (χ0v) is 13.2. The summed E-state index contributed by atoms with van der Waals surface area (Å²) < 4.78 is 11.5. The van der Waals surface area contributed by atoms with Crippen molar-refractivity contribution >= 4 is 5.91 Å². The monoisotopic (exact) mass is 303 g/mol. The summed E-state index contributed by atoms with van der Waals surface area (Å²) >= 11 is 0. The van der Waals surface area contributed by atoms with Crippen molar-refractivity contribution < 1.29 is 14.3 Å². The summed E-state index contributed by atoms with van der Waals surface area (Å²) in [5.74, 6) is 0.142. The summed E-state index contributed by atoms with van der Waals surface area (Å²) in [4.78, 5) is 12.2. The number of hydrogen-bond acceptors (Lipinski definition) is 3. The van der Waals surface area contributed by atoms with Crippen molar-refractivity contribution in [3.8, 4) is 0 Å². The first-order valence-electron chi connectivity index (χ1n) is 8.29. The standard InChI is InChI=1S/C18H25NO3/c1-13-4-2-3-5-14(13)6-9-18(20)19-15-7-8-16-17(12-15)22-11-10-21-16/h2-5,15-17H,6-12H2,1H3,(H,19,20). The van der Waals surface area contributed by atoms with Gasteiger partial charge in [-0.05, 0) is 43.7 Å². The number of hydrogen-bond donors (Lipinski definition) is 1. The normalized spacial score (nSPS) is 28.0. The number of ether oxygens (including phenoxy) is 2. The first-order chi connectivity index (χ1) is 10.7. The zero-order valence-electron chi connectivity index (χ0n) is 13.2. The van der Waals surface area contributed by atoms with Gasteiger partial charge in [-0.15, -0.1) is 0 Å². The maximum atomic E-state index is 12.2. The van der Waals surface area contributed by atoms with Crippen LogP contribution in [0.4, 0.5) is 0 Å². The molecule has 3 rings (SSSR count). The van der Waals surface area contributed by atoms with Crippen LogP contribution < -0.4 is 5.32 Å². The van der Waals surface area contributed by atoms with Crippen molar-refractivity contribution in [1.29, 1.82) is 0 Å². The average molecular weight is 303 g/mol. The molecule has 4 heteroatoms. The molecule has 0 radical (unpaired) electrons. The Morgan fingerprint density at radius 2 is 1.95 bits per heavy atom. The molecule has 3 atom stereocenters. The molecule has 1 aliphatic heterocycles. The van der Waals surface area contributed by atoms with Gasteiger partial charge < -0.3 is 14.8 Å². The molecule has 3 unspecified atom stereocenters. The molecule has 1 saturated carbocycles. The Morgan fingerprint density at radius 3 is 2.77 bits per heavy atom. The van der Waals surface area contributed by atoms with Crippen LogP contribution in [0.5, 0.6) is 0 Å². The van der Waals surface area contributed by atoms with Gasteiger partial charge in [0.1, 0.15) is 0 Å². The van der Waals surface area contributed by atoms with Crippen molar-refractivity contribution in [2.24, 2.45) is 0 Å². The summed E-state index contributed by atoms with van der Waals surface area (Å²) in [6.07, 6.45) is 4.58. The molecule has 4 nitrogen and oxygen atoms in total. The Bertz CT molecular complexity index is 517. The summed E-state index contributed by atoms with van der Waals surface area (Å²) in [7, 11) is 0. The van der Waals surface area contributed by atoms with Crippen molar-refractivity contribution in [2.75, 3.05) is 13.2 Å². The fraction of sp³-hybridized carbons (Fsp3) is 0.611. The third-order valence-electron chi connectivity index (χ3n) is 4.73. The fourth-order valence-electron chi connectivity index (χ4n) is 3.44. The van der Waals surface area contributed by atoms with Crippen molar-refractivity contribution in [2.45, 2.75) is 57.3 Å². The van der Waals surface area contributed by atoms with Crippen LogP contribution in [0, 0.1) is 6.92 Å². The number of carbonyl (C=O) groups is 1. The lowest BCUT2D eigenvalue weighted by atomic mass is 9.89. The van der Waals surface area contributed by atoms with Crippen molar-refractivity contribution in [3.05, 3.63) is 35.4 Å². The van der Waals surface area contributed by atoms with Crippen molar-refractivity contribution in [3.63, 3.8) is 0 Å². The highest BCUT2D eigenvalue weighted by Crippen LogP contribution is 2.26. The first kappa shape index (κ1) is 15.5. The van der Waals surface area contributed by atoms with Gasteiger partial charge in [-0.25, -0.2) is 0 Å². The lowest BCUT2D eigenvalue weighted by Gasteiger charge is -2.39. The Labute approximate surface area is 132 Å². The fourth-order valence-corrected chi connectivity index (χ4v) is 3.44. The number of fused-ring (bicyclic) bond motifs is 1. The van der Waals surface area contributed by atoms with E-state index in [-0.39, 0.29) is 24.2 Å². The largest absolute Gasteiger partial charge is 0.373 e. The summed E-state index contributed by atoms with van der Waals surface area (Å²) in [5, 5.41) is 3.17. The highest BCUT2D eigenvalue weighted by Gasteiger charge is 2.34. The number of carbonyl (C=O) groups excluding carboxylic acids is 1. The summed E-state index contributed by atoms with van der Waals surface area (Å²) in [6.45, 7) is 3.47. The van der Waals surface area contributed by atoms with Crippen LogP contribution >= 0.6 is 0 Å². The van der Waals surface area contributed by atoms with E-state index in [9.17, 15) is 4.79 Å². The first-order valence-corrected chi connectivity index (χ1v) is 8.29. The van der Waals surface area contributed by atoms with Gasteiger partial charge in [0.25, 0.3) is 0 Å². The van der Waals surface area contributed by atoms with E-state index < -0.39 is 0 Å². The summed E-state index contributed by atoms with van der Waals surface area (Å²) in [5.41, 5.74) is 2.51. The van der Waals surface area contributed by atoms with Gasteiger partial charge in [-0.2, -0.15) is 0 Å². The predicted molar refractivity (Wildman–Crippen MR) is 84.8 cm³/mol. The molecular weight excluding hydrogens is 278 g/mol. The van der Waals surface area contributed by atoms with Gasteiger partial charge in [-0.1, -0.05) is 24.3 Å². The van der Waals surface area contributed by atoms with Gasteiger partial charge in [-0.3, -0.25) is 4.79 Å². The molecule has 1 N–H and O–H groups in total. The molecule has 120 valence electrons. The second kappa shape index (κ2) is 7.25. The average Bonchev–Trinajstić information content (AvgIpc) is 2.54. The van der Waals surface area contributed by atoms with E-state index in [2.05, 4.69) is 24.4 Å².